The van der Waals surface area contributed by atoms with Gasteiger partial charge in [0, 0.05) is 0 Å². The minimum absolute atomic E-state index is 0.556. The van der Waals surface area contributed by atoms with E-state index in [1.165, 1.54) is 27.5 Å². The summed E-state index contributed by atoms with van der Waals surface area (Å²) in [5.74, 6) is 0. The molecule has 0 aromatic heterocycles. The second-order valence-corrected chi connectivity index (χ2v) is 6.89. The van der Waals surface area contributed by atoms with Gasteiger partial charge in [0.05, 0.1) is 0 Å². The normalized spacial score (nSPS) is 9.84. The Balaban J connectivity index is 0.000000408. The topological polar surface area (TPSA) is 0 Å². The van der Waals surface area contributed by atoms with Crippen molar-refractivity contribution in [2.45, 2.75) is 6.92 Å². The summed E-state index contributed by atoms with van der Waals surface area (Å²) in [4.78, 5) is 0. The van der Waals surface area contributed by atoms with Crippen LogP contribution in [0.15, 0.2) is 60.7 Å². The summed E-state index contributed by atoms with van der Waals surface area (Å²) in [5.41, 5.74) is 3.90. The fourth-order valence-electron chi connectivity index (χ4n) is 2.17. The molecule has 0 aliphatic carbocycles. The van der Waals surface area contributed by atoms with Crippen LogP contribution in [0.2, 0.25) is 0 Å². The summed E-state index contributed by atoms with van der Waals surface area (Å²) in [6.45, 7) is 2.14. The van der Waals surface area contributed by atoms with Gasteiger partial charge < -0.3 is 0 Å². The molecule has 19 heavy (non-hydrogen) atoms. The molecule has 3 aromatic rings. The van der Waals surface area contributed by atoms with Crippen LogP contribution in [0.25, 0.3) is 21.9 Å². The number of benzene rings is 2. The molecule has 0 heterocycles. The van der Waals surface area contributed by atoms with E-state index in [0.717, 1.165) is 0 Å². The van der Waals surface area contributed by atoms with Crippen molar-refractivity contribution in [3.05, 3.63) is 66.2 Å². The van der Waals surface area contributed by atoms with Crippen molar-refractivity contribution in [1.29, 1.82) is 0 Å². The van der Waals surface area contributed by atoms with Crippen molar-refractivity contribution in [3.8, 4) is 11.1 Å². The average molecular weight is 324 g/mol. The van der Waals surface area contributed by atoms with E-state index >= 15 is 0 Å². The van der Waals surface area contributed by atoms with Gasteiger partial charge in [0.25, 0.3) is 0 Å². The second-order valence-electron chi connectivity index (χ2n) is 4.31. The van der Waals surface area contributed by atoms with E-state index in [1.807, 2.05) is 0 Å². The van der Waals surface area contributed by atoms with Gasteiger partial charge in [-0.2, -0.15) is 6.07 Å². The molecule has 0 aliphatic rings. The molecule has 3 aromatic carbocycles. The van der Waals surface area contributed by atoms with Crippen LogP contribution in [0.3, 0.4) is 0 Å². The van der Waals surface area contributed by atoms with E-state index < -0.39 is 17.0 Å². The van der Waals surface area contributed by atoms with Crippen molar-refractivity contribution in [2.75, 3.05) is 0 Å². The zero-order chi connectivity index (χ0) is 13.7. The maximum atomic E-state index is 4.89. The summed E-state index contributed by atoms with van der Waals surface area (Å²) < 4.78 is 0. The van der Waals surface area contributed by atoms with E-state index in [1.54, 1.807) is 0 Å². The number of halogens is 2. The first-order valence-electron chi connectivity index (χ1n) is 5.93. The Bertz CT molecular complexity index is 644. The predicted molar refractivity (Wildman–Crippen MR) is 81.4 cm³/mol. The van der Waals surface area contributed by atoms with Gasteiger partial charge in [-0.15, -0.1) is 28.5 Å². The molecule has 0 fully saturated rings. The molecular weight excluding hydrogens is 311 g/mol. The Hall–Kier alpha value is -0.656. The number of aryl methyl sites for hydroxylation is 1. The van der Waals surface area contributed by atoms with Crippen molar-refractivity contribution in [1.82, 2.24) is 0 Å². The van der Waals surface area contributed by atoms with Gasteiger partial charge in [-0.05, 0) is 11.1 Å². The van der Waals surface area contributed by atoms with Crippen molar-refractivity contribution >= 4 is 29.4 Å². The van der Waals surface area contributed by atoms with E-state index in [0.29, 0.717) is 0 Å². The molecule has 0 N–H and O–H groups in total. The van der Waals surface area contributed by atoms with E-state index in [9.17, 15) is 0 Å². The van der Waals surface area contributed by atoms with Gasteiger partial charge in [-0.3, -0.25) is 0 Å². The Morgan fingerprint density at radius 3 is 2.26 bits per heavy atom. The van der Waals surface area contributed by atoms with Crippen molar-refractivity contribution in [2.24, 2.45) is 0 Å². The summed E-state index contributed by atoms with van der Waals surface area (Å²) in [6, 6.07) is 21.6. The fraction of sp³-hybridized carbons (Fsp3) is 0.0625. The molecule has 0 bridgehead atoms. The summed E-state index contributed by atoms with van der Waals surface area (Å²) in [7, 11) is 9.78. The number of hydrogen-bond donors (Lipinski definition) is 0. The first kappa shape index (κ1) is 14.7. The molecule has 0 nitrogen and oxygen atoms in total. The van der Waals surface area contributed by atoms with E-state index in [-0.39, 0.29) is 0 Å². The Morgan fingerprint density at radius 1 is 0.895 bits per heavy atom. The fourth-order valence-corrected chi connectivity index (χ4v) is 2.17. The Morgan fingerprint density at radius 2 is 1.58 bits per heavy atom. The zero-order valence-electron chi connectivity index (χ0n) is 10.5. The van der Waals surface area contributed by atoms with Crippen LogP contribution in [-0.2, 0) is 17.0 Å². The zero-order valence-corrected chi connectivity index (χ0v) is 13.6. The molecule has 0 radical (unpaired) electrons. The molecule has 0 aliphatic heterocycles. The summed E-state index contributed by atoms with van der Waals surface area (Å²) >= 11 is -0.556. The van der Waals surface area contributed by atoms with Gasteiger partial charge in [-0.1, -0.05) is 49.4 Å². The van der Waals surface area contributed by atoms with Crippen LogP contribution in [-0.4, -0.2) is 0 Å². The maximum absolute atomic E-state index is 4.89. The molecule has 3 heteroatoms. The SMILES string of the molecule is Cc1cc2cc(-c3ccccc3)ccc2[cH-]1.[Cl][Ti][Cl]. The number of fused-ring (bicyclic) bond motifs is 1. The van der Waals surface area contributed by atoms with E-state index in [4.69, 9.17) is 18.6 Å². The molecule has 0 unspecified atom stereocenters. The van der Waals surface area contributed by atoms with Gasteiger partial charge in [0.15, 0.2) is 0 Å². The number of rotatable bonds is 1. The van der Waals surface area contributed by atoms with Crippen LogP contribution in [0.4, 0.5) is 0 Å². The third kappa shape index (κ3) is 3.90. The molecule has 0 amide bonds. The molecule has 0 spiro atoms. The van der Waals surface area contributed by atoms with Gasteiger partial charge in [-0.25, -0.2) is 0 Å². The molecular formula is C16H13Cl2Ti-. The average Bonchev–Trinajstić information content (AvgIpc) is 2.79. The third-order valence-corrected chi connectivity index (χ3v) is 2.96. The standard InChI is InChI=1S/C16H13.2ClH.Ti/c1-12-9-14-7-8-15(11-16(14)10-12)13-5-3-2-4-6-13;;;/h2-11H,1H3;2*1H;/q-1;;;+2/p-2. The van der Waals surface area contributed by atoms with Crippen LogP contribution >= 0.6 is 18.6 Å². The monoisotopic (exact) mass is 323 g/mol. The van der Waals surface area contributed by atoms with Gasteiger partial charge in [0.1, 0.15) is 0 Å². The molecule has 0 saturated heterocycles. The van der Waals surface area contributed by atoms with Crippen LogP contribution in [0, 0.1) is 6.92 Å². The number of hydrogen-bond acceptors (Lipinski definition) is 0. The Kier molecular flexibility index (Phi) is 5.60. The molecule has 3 rings (SSSR count). The van der Waals surface area contributed by atoms with Crippen LogP contribution < -0.4 is 0 Å². The van der Waals surface area contributed by atoms with Crippen molar-refractivity contribution < 1.29 is 17.0 Å². The van der Waals surface area contributed by atoms with Gasteiger partial charge >= 0.3 is 35.6 Å². The quantitative estimate of drug-likeness (QED) is 0.385. The summed E-state index contributed by atoms with van der Waals surface area (Å²) in [5, 5.41) is 2.66. The Labute approximate surface area is 130 Å². The minimum atomic E-state index is -0.556. The van der Waals surface area contributed by atoms with Crippen LogP contribution in [0.1, 0.15) is 5.56 Å². The van der Waals surface area contributed by atoms with Crippen LogP contribution in [0.5, 0.6) is 0 Å². The first-order chi connectivity index (χ1) is 9.24. The summed E-state index contributed by atoms with van der Waals surface area (Å²) in [6.07, 6.45) is 0. The molecule has 0 saturated carbocycles. The van der Waals surface area contributed by atoms with Gasteiger partial charge in [0.2, 0.25) is 0 Å². The molecule has 0 atom stereocenters. The van der Waals surface area contributed by atoms with E-state index in [2.05, 4.69) is 67.6 Å². The predicted octanol–water partition coefficient (Wildman–Crippen LogP) is 5.91. The molecule has 96 valence electrons. The second kappa shape index (κ2) is 7.21. The first-order valence-corrected chi connectivity index (χ1v) is 10.2. The van der Waals surface area contributed by atoms with Crippen molar-refractivity contribution in [3.63, 3.8) is 0 Å². The third-order valence-electron chi connectivity index (χ3n) is 2.96.